The Morgan fingerprint density at radius 1 is 1.33 bits per heavy atom. The van der Waals surface area contributed by atoms with Gasteiger partial charge < -0.3 is 11.5 Å². The minimum Gasteiger partial charge on any atom is -0.370 e. The van der Waals surface area contributed by atoms with E-state index in [1.165, 1.54) is 12.1 Å². The van der Waals surface area contributed by atoms with E-state index in [2.05, 4.69) is 4.72 Å². The molecule has 0 aliphatic heterocycles. The molecule has 0 aromatic heterocycles. The summed E-state index contributed by atoms with van der Waals surface area (Å²) < 4.78 is 26.2. The van der Waals surface area contributed by atoms with E-state index < -0.39 is 15.9 Å². The summed E-state index contributed by atoms with van der Waals surface area (Å²) in [6, 6.07) is 6.41. The Morgan fingerprint density at radius 2 is 2.06 bits per heavy atom. The standard InChI is InChI=1S/C11H17N3O3S/c12-8-9-3-1-4-10(7-9)18(16,17)14-6-2-5-11(13)15/h1,3-4,7,14H,2,5-6,8,12H2,(H2,13,15). The van der Waals surface area contributed by atoms with Gasteiger partial charge in [-0.2, -0.15) is 0 Å². The lowest BCUT2D eigenvalue weighted by Crippen LogP contribution is -2.26. The average molecular weight is 271 g/mol. The average Bonchev–Trinajstić information content (AvgIpc) is 2.34. The molecule has 0 saturated carbocycles. The number of benzene rings is 1. The number of nitrogens with one attached hydrogen (secondary N) is 1. The largest absolute Gasteiger partial charge is 0.370 e. The van der Waals surface area contributed by atoms with Crippen LogP contribution < -0.4 is 16.2 Å². The molecule has 0 saturated heterocycles. The molecule has 6 nitrogen and oxygen atoms in total. The molecular formula is C11H17N3O3S. The molecule has 100 valence electrons. The van der Waals surface area contributed by atoms with Gasteiger partial charge >= 0.3 is 0 Å². The summed E-state index contributed by atoms with van der Waals surface area (Å²) in [4.78, 5) is 10.7. The highest BCUT2D eigenvalue weighted by Crippen LogP contribution is 2.11. The Hall–Kier alpha value is -1.44. The second-order valence-electron chi connectivity index (χ2n) is 3.82. The summed E-state index contributed by atoms with van der Waals surface area (Å²) in [5, 5.41) is 0. The van der Waals surface area contributed by atoms with Gasteiger partial charge in [0.1, 0.15) is 0 Å². The van der Waals surface area contributed by atoms with Crippen LogP contribution >= 0.6 is 0 Å². The molecule has 1 amide bonds. The molecular weight excluding hydrogens is 254 g/mol. The van der Waals surface area contributed by atoms with Gasteiger partial charge in [0.15, 0.2) is 0 Å². The zero-order valence-corrected chi connectivity index (χ0v) is 10.7. The number of carbonyl (C=O) groups excluding carboxylic acids is 1. The normalized spacial score (nSPS) is 11.4. The minimum atomic E-state index is -3.55. The third-order valence-electron chi connectivity index (χ3n) is 2.34. The van der Waals surface area contributed by atoms with Gasteiger partial charge in [0.2, 0.25) is 15.9 Å². The van der Waals surface area contributed by atoms with Crippen LogP contribution in [0.3, 0.4) is 0 Å². The fourth-order valence-electron chi connectivity index (χ4n) is 1.39. The van der Waals surface area contributed by atoms with Crippen LogP contribution in [-0.2, 0) is 21.4 Å². The molecule has 0 aliphatic carbocycles. The number of primary amides is 1. The van der Waals surface area contributed by atoms with E-state index in [-0.39, 0.29) is 24.4 Å². The van der Waals surface area contributed by atoms with Crippen LogP contribution in [0.15, 0.2) is 29.2 Å². The first-order valence-electron chi connectivity index (χ1n) is 5.52. The number of rotatable bonds is 7. The predicted molar refractivity (Wildman–Crippen MR) is 68.0 cm³/mol. The maximum absolute atomic E-state index is 11.9. The number of amides is 1. The lowest BCUT2D eigenvalue weighted by molar-refractivity contribution is -0.118. The van der Waals surface area contributed by atoms with E-state index in [0.717, 1.165) is 5.56 Å². The van der Waals surface area contributed by atoms with Gasteiger partial charge in [-0.1, -0.05) is 12.1 Å². The highest BCUT2D eigenvalue weighted by Gasteiger charge is 2.13. The Balaban J connectivity index is 2.65. The molecule has 1 aromatic carbocycles. The maximum Gasteiger partial charge on any atom is 0.240 e. The number of sulfonamides is 1. The smallest absolute Gasteiger partial charge is 0.240 e. The number of hydrogen-bond acceptors (Lipinski definition) is 4. The molecule has 0 bridgehead atoms. The van der Waals surface area contributed by atoms with Crippen LogP contribution in [0.25, 0.3) is 0 Å². The maximum atomic E-state index is 11.9. The van der Waals surface area contributed by atoms with E-state index >= 15 is 0 Å². The fourth-order valence-corrected chi connectivity index (χ4v) is 2.54. The van der Waals surface area contributed by atoms with Crippen molar-refractivity contribution < 1.29 is 13.2 Å². The first-order valence-corrected chi connectivity index (χ1v) is 7.01. The minimum absolute atomic E-state index is 0.158. The van der Waals surface area contributed by atoms with Gasteiger partial charge in [-0.15, -0.1) is 0 Å². The SMILES string of the molecule is NCc1cccc(S(=O)(=O)NCCCC(N)=O)c1. The molecule has 1 aromatic rings. The van der Waals surface area contributed by atoms with Crippen molar-refractivity contribution >= 4 is 15.9 Å². The number of hydrogen-bond donors (Lipinski definition) is 3. The van der Waals surface area contributed by atoms with Gasteiger partial charge in [-0.3, -0.25) is 4.79 Å². The summed E-state index contributed by atoms with van der Waals surface area (Å²) >= 11 is 0. The monoisotopic (exact) mass is 271 g/mol. The van der Waals surface area contributed by atoms with Crippen LogP contribution in [0.5, 0.6) is 0 Å². The van der Waals surface area contributed by atoms with Crippen LogP contribution in [0.4, 0.5) is 0 Å². The van der Waals surface area contributed by atoms with Crippen LogP contribution in [-0.4, -0.2) is 20.9 Å². The van der Waals surface area contributed by atoms with E-state index in [0.29, 0.717) is 6.42 Å². The fraction of sp³-hybridized carbons (Fsp3) is 0.364. The van der Waals surface area contributed by atoms with E-state index in [9.17, 15) is 13.2 Å². The Labute approximate surface area is 106 Å². The van der Waals surface area contributed by atoms with Gasteiger partial charge in [-0.25, -0.2) is 13.1 Å². The number of carbonyl (C=O) groups is 1. The molecule has 0 radical (unpaired) electrons. The molecule has 7 heteroatoms. The quantitative estimate of drug-likeness (QED) is 0.590. The second kappa shape index (κ2) is 6.48. The third-order valence-corrected chi connectivity index (χ3v) is 3.80. The first kappa shape index (κ1) is 14.6. The van der Waals surface area contributed by atoms with Gasteiger partial charge in [-0.05, 0) is 24.1 Å². The zero-order chi connectivity index (χ0) is 13.6. The summed E-state index contributed by atoms with van der Waals surface area (Å²) in [7, 11) is -3.55. The van der Waals surface area contributed by atoms with Crippen molar-refractivity contribution in [2.24, 2.45) is 11.5 Å². The molecule has 0 spiro atoms. The topological polar surface area (TPSA) is 115 Å². The number of nitrogens with two attached hydrogens (primary N) is 2. The third kappa shape index (κ3) is 4.44. The van der Waals surface area contributed by atoms with Crippen molar-refractivity contribution in [3.05, 3.63) is 29.8 Å². The molecule has 1 rings (SSSR count). The summed E-state index contributed by atoms with van der Waals surface area (Å²) in [6.45, 7) is 0.461. The summed E-state index contributed by atoms with van der Waals surface area (Å²) in [5.74, 6) is -0.445. The Morgan fingerprint density at radius 3 is 2.67 bits per heavy atom. The van der Waals surface area contributed by atoms with Crippen LogP contribution in [0, 0.1) is 0 Å². The van der Waals surface area contributed by atoms with Crippen molar-refractivity contribution in [3.8, 4) is 0 Å². The Kier molecular flexibility index (Phi) is 5.26. The van der Waals surface area contributed by atoms with E-state index in [1.54, 1.807) is 12.1 Å². The highest BCUT2D eigenvalue weighted by molar-refractivity contribution is 7.89. The van der Waals surface area contributed by atoms with Gasteiger partial charge in [0.25, 0.3) is 0 Å². The van der Waals surface area contributed by atoms with Crippen molar-refractivity contribution in [3.63, 3.8) is 0 Å². The van der Waals surface area contributed by atoms with Crippen molar-refractivity contribution in [2.75, 3.05) is 6.54 Å². The lowest BCUT2D eigenvalue weighted by atomic mass is 10.2. The molecule has 5 N–H and O–H groups in total. The first-order chi connectivity index (χ1) is 8.45. The molecule has 0 heterocycles. The van der Waals surface area contributed by atoms with Crippen LogP contribution in [0.2, 0.25) is 0 Å². The van der Waals surface area contributed by atoms with Gasteiger partial charge in [0.05, 0.1) is 4.90 Å². The zero-order valence-electron chi connectivity index (χ0n) is 9.93. The molecule has 18 heavy (non-hydrogen) atoms. The summed E-state index contributed by atoms with van der Waals surface area (Å²) in [6.07, 6.45) is 0.538. The molecule has 0 atom stereocenters. The highest BCUT2D eigenvalue weighted by atomic mass is 32.2. The molecule has 0 aliphatic rings. The van der Waals surface area contributed by atoms with Crippen molar-refractivity contribution in [2.45, 2.75) is 24.3 Å². The molecule has 0 unspecified atom stereocenters. The Bertz CT molecular complexity index is 514. The predicted octanol–water partition coefficient (Wildman–Crippen LogP) is -0.311. The van der Waals surface area contributed by atoms with E-state index in [4.69, 9.17) is 11.5 Å². The lowest BCUT2D eigenvalue weighted by Gasteiger charge is -2.07. The summed E-state index contributed by atoms with van der Waals surface area (Å²) in [5.41, 5.74) is 11.2. The van der Waals surface area contributed by atoms with Crippen LogP contribution in [0.1, 0.15) is 18.4 Å². The van der Waals surface area contributed by atoms with Crippen molar-refractivity contribution in [1.29, 1.82) is 0 Å². The van der Waals surface area contributed by atoms with E-state index in [1.807, 2.05) is 0 Å². The van der Waals surface area contributed by atoms with Crippen molar-refractivity contribution in [1.82, 2.24) is 4.72 Å². The second-order valence-corrected chi connectivity index (χ2v) is 5.59. The molecule has 0 fully saturated rings. The van der Waals surface area contributed by atoms with Gasteiger partial charge in [0, 0.05) is 19.5 Å².